The SMILES string of the molecule is CC(C)CCCC(C)C1CCC2C3C(=O)C=C4C[C@@H](OS(=O)(=O)O)CC[C@]4(C)C3CC[C@]12C. The highest BCUT2D eigenvalue weighted by Crippen LogP contribution is 2.66. The monoisotopic (exact) mass is 480 g/mol. The van der Waals surface area contributed by atoms with E-state index in [9.17, 15) is 13.2 Å². The molecule has 0 aromatic rings. The number of rotatable bonds is 7. The van der Waals surface area contributed by atoms with Crippen molar-refractivity contribution in [2.75, 3.05) is 0 Å². The fourth-order valence-electron chi connectivity index (χ4n) is 8.65. The maximum Gasteiger partial charge on any atom is 0.397 e. The van der Waals surface area contributed by atoms with Crippen LogP contribution in [-0.2, 0) is 19.4 Å². The molecule has 3 fully saturated rings. The van der Waals surface area contributed by atoms with Crippen LogP contribution in [0, 0.1) is 46.3 Å². The second-order valence-electron chi connectivity index (χ2n) is 12.6. The van der Waals surface area contributed by atoms with Crippen molar-refractivity contribution >= 4 is 16.2 Å². The van der Waals surface area contributed by atoms with Gasteiger partial charge in [-0.2, -0.15) is 8.42 Å². The van der Waals surface area contributed by atoms with Gasteiger partial charge < -0.3 is 0 Å². The summed E-state index contributed by atoms with van der Waals surface area (Å²) >= 11 is 0. The van der Waals surface area contributed by atoms with Gasteiger partial charge in [-0.1, -0.05) is 59.5 Å². The zero-order valence-electron chi connectivity index (χ0n) is 21.2. The minimum atomic E-state index is -4.48. The highest BCUT2D eigenvalue weighted by molar-refractivity contribution is 7.80. The van der Waals surface area contributed by atoms with Gasteiger partial charge in [-0.25, -0.2) is 4.18 Å². The maximum absolute atomic E-state index is 13.5. The third kappa shape index (κ3) is 4.73. The molecule has 4 aliphatic carbocycles. The van der Waals surface area contributed by atoms with E-state index in [1.807, 2.05) is 6.08 Å². The van der Waals surface area contributed by atoms with Gasteiger partial charge in [-0.15, -0.1) is 0 Å². The summed E-state index contributed by atoms with van der Waals surface area (Å²) in [6, 6.07) is 0. The molecule has 5 nitrogen and oxygen atoms in total. The second kappa shape index (κ2) is 9.05. The number of carbonyl (C=O) groups is 1. The van der Waals surface area contributed by atoms with Crippen LogP contribution in [0.5, 0.6) is 0 Å². The lowest BCUT2D eigenvalue weighted by atomic mass is 9.46. The van der Waals surface area contributed by atoms with E-state index < -0.39 is 16.5 Å². The van der Waals surface area contributed by atoms with E-state index in [2.05, 4.69) is 34.6 Å². The smallest absolute Gasteiger partial charge is 0.295 e. The average Bonchev–Trinajstić information content (AvgIpc) is 3.05. The van der Waals surface area contributed by atoms with Crippen LogP contribution in [0.2, 0.25) is 0 Å². The van der Waals surface area contributed by atoms with Gasteiger partial charge in [-0.05, 0) is 91.4 Å². The molecule has 0 radical (unpaired) electrons. The summed E-state index contributed by atoms with van der Waals surface area (Å²) in [7, 11) is -4.48. The van der Waals surface area contributed by atoms with E-state index in [4.69, 9.17) is 8.74 Å². The van der Waals surface area contributed by atoms with Crippen LogP contribution >= 0.6 is 0 Å². The Labute approximate surface area is 201 Å². The van der Waals surface area contributed by atoms with Gasteiger partial charge in [0.2, 0.25) is 0 Å². The summed E-state index contributed by atoms with van der Waals surface area (Å²) in [6.45, 7) is 11.8. The molecule has 0 aliphatic heterocycles. The molecule has 3 saturated carbocycles. The Bertz CT molecular complexity index is 892. The first-order valence-electron chi connectivity index (χ1n) is 13.3. The standard InChI is InChI=1S/C27H44O5S/c1-17(2)7-6-8-18(3)21-9-10-22-25-23(12-14-27(21,22)5)26(4)13-11-20(32-33(29,30)31)15-19(26)16-24(25)28/h16-18,20-23,25H,6-15H2,1-5H3,(H,29,30,31)/t18?,20-,21?,22?,23?,25?,26-,27+/m0/s1. The van der Waals surface area contributed by atoms with Crippen molar-refractivity contribution in [2.45, 2.75) is 105 Å². The Morgan fingerprint density at radius 1 is 1.06 bits per heavy atom. The van der Waals surface area contributed by atoms with Crippen molar-refractivity contribution in [1.82, 2.24) is 0 Å². The van der Waals surface area contributed by atoms with Gasteiger partial charge in [-0.3, -0.25) is 9.35 Å². The average molecular weight is 481 g/mol. The molecular weight excluding hydrogens is 436 g/mol. The predicted octanol–water partition coefficient (Wildman–Crippen LogP) is 6.39. The largest absolute Gasteiger partial charge is 0.397 e. The number of ketones is 1. The summed E-state index contributed by atoms with van der Waals surface area (Å²) < 4.78 is 36.5. The molecule has 4 aliphatic rings. The Hall–Kier alpha value is -0.720. The molecule has 4 rings (SSSR count). The van der Waals surface area contributed by atoms with Crippen molar-refractivity contribution in [1.29, 1.82) is 0 Å². The van der Waals surface area contributed by atoms with Gasteiger partial charge in [0.05, 0.1) is 6.10 Å². The molecule has 0 heterocycles. The molecular formula is C27H44O5S. The van der Waals surface area contributed by atoms with Crippen LogP contribution in [0.4, 0.5) is 0 Å². The Morgan fingerprint density at radius 2 is 1.79 bits per heavy atom. The zero-order chi connectivity index (χ0) is 24.2. The number of fused-ring (bicyclic) bond motifs is 5. The molecule has 0 aromatic heterocycles. The first-order chi connectivity index (χ1) is 15.3. The second-order valence-corrected chi connectivity index (χ2v) is 13.7. The molecule has 1 N–H and O–H groups in total. The molecule has 33 heavy (non-hydrogen) atoms. The van der Waals surface area contributed by atoms with E-state index in [-0.39, 0.29) is 22.5 Å². The third-order valence-electron chi connectivity index (χ3n) is 10.4. The number of hydrogen-bond acceptors (Lipinski definition) is 4. The number of allylic oxidation sites excluding steroid dienone is 1. The van der Waals surface area contributed by atoms with Crippen LogP contribution in [0.1, 0.15) is 98.8 Å². The molecule has 0 aromatic carbocycles. The third-order valence-corrected chi connectivity index (χ3v) is 10.9. The lowest BCUT2D eigenvalue weighted by Gasteiger charge is -2.57. The van der Waals surface area contributed by atoms with Crippen molar-refractivity contribution in [3.63, 3.8) is 0 Å². The van der Waals surface area contributed by atoms with Gasteiger partial charge in [0, 0.05) is 5.92 Å². The van der Waals surface area contributed by atoms with Crippen LogP contribution in [0.25, 0.3) is 0 Å². The van der Waals surface area contributed by atoms with Crippen LogP contribution in [0.15, 0.2) is 11.6 Å². The minimum absolute atomic E-state index is 0.0695. The number of hydrogen-bond donors (Lipinski definition) is 1. The van der Waals surface area contributed by atoms with E-state index in [0.29, 0.717) is 36.5 Å². The summed E-state index contributed by atoms with van der Waals surface area (Å²) in [6.07, 6.45) is 11.7. The fourth-order valence-corrected chi connectivity index (χ4v) is 9.16. The van der Waals surface area contributed by atoms with Crippen molar-refractivity contribution < 1.29 is 21.9 Å². The summed E-state index contributed by atoms with van der Waals surface area (Å²) in [5, 5.41) is 0. The highest BCUT2D eigenvalue weighted by atomic mass is 32.3. The van der Waals surface area contributed by atoms with Crippen LogP contribution in [0.3, 0.4) is 0 Å². The molecule has 6 heteroatoms. The Kier molecular flexibility index (Phi) is 6.96. The van der Waals surface area contributed by atoms with E-state index in [1.54, 1.807) is 0 Å². The van der Waals surface area contributed by atoms with Crippen molar-refractivity contribution in [2.24, 2.45) is 46.3 Å². The van der Waals surface area contributed by atoms with Gasteiger partial charge in [0.1, 0.15) is 0 Å². The quantitative estimate of drug-likeness (QED) is 0.427. The first-order valence-corrected chi connectivity index (χ1v) is 14.6. The Morgan fingerprint density at radius 3 is 2.45 bits per heavy atom. The minimum Gasteiger partial charge on any atom is -0.295 e. The van der Waals surface area contributed by atoms with Gasteiger partial charge in [0.25, 0.3) is 0 Å². The fraction of sp³-hybridized carbons (Fsp3) is 0.889. The summed E-state index contributed by atoms with van der Waals surface area (Å²) in [5.74, 6) is 3.34. The van der Waals surface area contributed by atoms with Crippen LogP contribution in [-0.4, -0.2) is 24.9 Å². The number of carbonyl (C=O) groups excluding carboxylic acids is 1. The molecule has 0 amide bonds. The summed E-state index contributed by atoms with van der Waals surface area (Å²) in [5.41, 5.74) is 1.22. The predicted molar refractivity (Wildman–Crippen MR) is 130 cm³/mol. The van der Waals surface area contributed by atoms with E-state index in [0.717, 1.165) is 30.8 Å². The highest BCUT2D eigenvalue weighted by Gasteiger charge is 2.61. The Balaban J connectivity index is 1.52. The topological polar surface area (TPSA) is 80.7 Å². The van der Waals surface area contributed by atoms with Crippen LogP contribution < -0.4 is 0 Å². The maximum atomic E-state index is 13.5. The van der Waals surface area contributed by atoms with E-state index >= 15 is 0 Å². The zero-order valence-corrected chi connectivity index (χ0v) is 22.0. The van der Waals surface area contributed by atoms with E-state index in [1.165, 1.54) is 32.1 Å². The van der Waals surface area contributed by atoms with Gasteiger partial charge >= 0.3 is 10.4 Å². The van der Waals surface area contributed by atoms with Crippen molar-refractivity contribution in [3.8, 4) is 0 Å². The van der Waals surface area contributed by atoms with Crippen molar-refractivity contribution in [3.05, 3.63) is 11.6 Å². The molecule has 8 atom stereocenters. The lowest BCUT2D eigenvalue weighted by molar-refractivity contribution is -0.135. The normalized spacial score (nSPS) is 41.8. The lowest BCUT2D eigenvalue weighted by Crippen LogP contribution is -2.53. The summed E-state index contributed by atoms with van der Waals surface area (Å²) in [4.78, 5) is 13.5. The molecule has 0 saturated heterocycles. The first kappa shape index (κ1) is 25.4. The molecule has 188 valence electrons. The molecule has 0 spiro atoms. The molecule has 0 bridgehead atoms. The molecule has 5 unspecified atom stereocenters. The van der Waals surface area contributed by atoms with Gasteiger partial charge in [0.15, 0.2) is 5.78 Å².